The van der Waals surface area contributed by atoms with Crippen molar-refractivity contribution in [1.82, 2.24) is 16.0 Å². The number of aliphatic imine (C=N–C) groups is 1. The zero-order valence-corrected chi connectivity index (χ0v) is 24.0. The van der Waals surface area contributed by atoms with Gasteiger partial charge in [-0.15, -0.1) is 0 Å². The van der Waals surface area contributed by atoms with Crippen molar-refractivity contribution in [2.24, 2.45) is 4.99 Å². The molecule has 0 aliphatic heterocycles. The number of alkyl halides is 21. The van der Waals surface area contributed by atoms with Gasteiger partial charge in [0, 0.05) is 6.54 Å². The molecule has 0 aliphatic rings. The Labute approximate surface area is 267 Å². The maximum absolute atomic E-state index is 13.7. The fourth-order valence-electron chi connectivity index (χ4n) is 2.84. The Hall–Kier alpha value is -3.92. The highest BCUT2D eigenvalue weighted by Crippen LogP contribution is 2.48. The number of carbonyl (C=O) groups is 4. The number of guanidine groups is 1. The number of rotatable bonds is 14. The van der Waals surface area contributed by atoms with E-state index in [2.05, 4.69) is 9.73 Å². The predicted octanol–water partition coefficient (Wildman–Crippen LogP) is 5.29. The second kappa shape index (κ2) is 15.4. The molecule has 0 heterocycles. The second-order valence-electron chi connectivity index (χ2n) is 9.35. The smallest absolute Gasteiger partial charge is 0.460 e. The Morgan fingerprint density at radius 1 is 0.549 bits per heavy atom. The topological polar surface area (TPSA) is 126 Å². The SMILES string of the molecule is CCOC(=O)C(CCCCN=C(NC(=O)C(F)(F)C(F)(F)C(F)(F)F)NC(=O)C(F)(F)C(F)(F)C(F)(F)F)NC(=O)C(F)(F)C(F)(F)C(F)(F)F. The Morgan fingerprint density at radius 3 is 1.20 bits per heavy atom. The number of ether oxygens (including phenoxy) is 1. The van der Waals surface area contributed by atoms with Gasteiger partial charge in [-0.3, -0.25) is 30.0 Å². The van der Waals surface area contributed by atoms with Crippen molar-refractivity contribution < 1.29 is 116 Å². The van der Waals surface area contributed by atoms with Crippen LogP contribution in [0.5, 0.6) is 0 Å². The number of hydrogen-bond acceptors (Lipinski definition) is 6. The van der Waals surface area contributed by atoms with E-state index in [1.807, 2.05) is 0 Å². The molecule has 0 spiro atoms. The number of nitrogens with zero attached hydrogens (tertiary/aromatic N) is 1. The van der Waals surface area contributed by atoms with E-state index in [1.54, 1.807) is 0 Å². The molecule has 0 radical (unpaired) electrons. The number of nitrogens with one attached hydrogen (secondary N) is 3. The van der Waals surface area contributed by atoms with Crippen LogP contribution in [0.1, 0.15) is 26.2 Å². The molecule has 0 rings (SSSR count). The van der Waals surface area contributed by atoms with Crippen LogP contribution in [-0.2, 0) is 23.9 Å². The van der Waals surface area contributed by atoms with Gasteiger partial charge in [0.1, 0.15) is 6.04 Å². The third-order valence-electron chi connectivity index (χ3n) is 5.62. The number of carbonyl (C=O) groups excluding carboxylic acids is 4. The number of amides is 3. The van der Waals surface area contributed by atoms with Crippen molar-refractivity contribution in [2.45, 2.75) is 86.3 Å². The van der Waals surface area contributed by atoms with E-state index < -0.39 is 122 Å². The molecule has 1 unspecified atom stereocenters. The lowest BCUT2D eigenvalue weighted by Gasteiger charge is -2.28. The van der Waals surface area contributed by atoms with Crippen molar-refractivity contribution in [3.05, 3.63) is 0 Å². The maximum atomic E-state index is 13.7. The minimum atomic E-state index is -7.32. The Morgan fingerprint density at radius 2 is 0.882 bits per heavy atom. The first-order chi connectivity index (χ1) is 22.4. The summed E-state index contributed by atoms with van der Waals surface area (Å²) in [4.78, 5) is 49.2. The van der Waals surface area contributed by atoms with Crippen LogP contribution in [0, 0.1) is 0 Å². The fourth-order valence-corrected chi connectivity index (χ4v) is 2.84. The number of hydrogen-bond donors (Lipinski definition) is 3. The molecule has 0 aromatic carbocycles. The fraction of sp³-hybridized carbons (Fsp3) is 0.762. The van der Waals surface area contributed by atoms with Gasteiger partial charge in [0.25, 0.3) is 5.91 Å². The van der Waals surface area contributed by atoms with Gasteiger partial charge in [0.05, 0.1) is 6.61 Å². The molecule has 0 aliphatic carbocycles. The van der Waals surface area contributed by atoms with Crippen molar-refractivity contribution in [3.63, 3.8) is 0 Å². The first kappa shape index (κ1) is 47.1. The van der Waals surface area contributed by atoms with Crippen molar-refractivity contribution in [1.29, 1.82) is 0 Å². The van der Waals surface area contributed by atoms with Crippen molar-refractivity contribution >= 4 is 29.7 Å². The summed E-state index contributed by atoms with van der Waals surface area (Å²) in [6.07, 6.45) is -24.7. The summed E-state index contributed by atoms with van der Waals surface area (Å²) >= 11 is 0. The molecule has 3 N–H and O–H groups in total. The molecule has 0 saturated heterocycles. The van der Waals surface area contributed by atoms with E-state index >= 15 is 0 Å². The largest absolute Gasteiger partial charge is 0.464 e. The monoisotopic (exact) mass is 804 g/mol. The van der Waals surface area contributed by atoms with Gasteiger partial charge in [-0.2, -0.15) is 92.2 Å². The van der Waals surface area contributed by atoms with E-state index in [4.69, 9.17) is 0 Å². The first-order valence-corrected chi connectivity index (χ1v) is 12.5. The quantitative estimate of drug-likeness (QED) is 0.0724. The molecule has 298 valence electrons. The molecule has 51 heavy (non-hydrogen) atoms. The van der Waals surface area contributed by atoms with Crippen LogP contribution in [-0.4, -0.2) is 103 Å². The number of unbranched alkanes of at least 4 members (excludes halogenated alkanes) is 1. The number of esters is 1. The summed E-state index contributed by atoms with van der Waals surface area (Å²) in [6, 6.07) is -2.57. The highest BCUT2D eigenvalue weighted by molar-refractivity contribution is 6.08. The Kier molecular flexibility index (Phi) is 14.2. The molecule has 0 bridgehead atoms. The molecule has 0 aromatic rings. The van der Waals surface area contributed by atoms with Crippen LogP contribution in [0.15, 0.2) is 4.99 Å². The summed E-state index contributed by atoms with van der Waals surface area (Å²) in [7, 11) is 0. The molecular formula is C21H17F21N4O5. The van der Waals surface area contributed by atoms with Gasteiger partial charge >= 0.3 is 71.8 Å². The minimum absolute atomic E-state index is 0.145. The van der Waals surface area contributed by atoms with E-state index in [0.29, 0.717) is 0 Å². The molecule has 1 atom stereocenters. The first-order valence-electron chi connectivity index (χ1n) is 12.5. The summed E-state index contributed by atoms with van der Waals surface area (Å²) in [5.41, 5.74) is 0. The van der Waals surface area contributed by atoms with Crippen LogP contribution in [0.25, 0.3) is 0 Å². The zero-order valence-electron chi connectivity index (χ0n) is 24.0. The van der Waals surface area contributed by atoms with E-state index in [1.165, 1.54) is 0 Å². The number of halogens is 21. The average Bonchev–Trinajstić information content (AvgIpc) is 2.93. The van der Waals surface area contributed by atoms with Gasteiger partial charge in [0.2, 0.25) is 5.96 Å². The molecule has 0 saturated carbocycles. The maximum Gasteiger partial charge on any atom is 0.460 e. The highest BCUT2D eigenvalue weighted by atomic mass is 19.4. The standard InChI is InChI=1S/C21H17F21N4O5/c1-2-51-8(47)7(44-9(48)13(22,23)16(28,29)19(34,35)36)5-3-4-6-43-12(45-10(49)14(24,25)17(30,31)20(37,38)39)46-11(50)15(26,27)18(32,33)21(40,41)42/h7H,2-6H2,1H3,(H,44,48)(H2,43,45,46,49,50). The molecule has 3 amide bonds. The lowest BCUT2D eigenvalue weighted by molar-refractivity contribution is -0.344. The molecule has 9 nitrogen and oxygen atoms in total. The molecule has 0 fully saturated rings. The summed E-state index contributed by atoms with van der Waals surface area (Å²) < 4.78 is 276. The summed E-state index contributed by atoms with van der Waals surface area (Å²) in [5, 5.41) is 1.06. The summed E-state index contributed by atoms with van der Waals surface area (Å²) in [6.45, 7) is -1.11. The lowest BCUT2D eigenvalue weighted by atomic mass is 10.1. The summed E-state index contributed by atoms with van der Waals surface area (Å²) in [5.74, 6) is -57.8. The van der Waals surface area contributed by atoms with Gasteiger partial charge < -0.3 is 10.1 Å². The van der Waals surface area contributed by atoms with Crippen LogP contribution in [0.2, 0.25) is 0 Å². The highest BCUT2D eigenvalue weighted by Gasteiger charge is 2.78. The Balaban J connectivity index is 6.35. The van der Waals surface area contributed by atoms with Gasteiger partial charge in [-0.1, -0.05) is 0 Å². The second-order valence-corrected chi connectivity index (χ2v) is 9.35. The average molecular weight is 804 g/mol. The predicted molar refractivity (Wildman–Crippen MR) is 119 cm³/mol. The van der Waals surface area contributed by atoms with Crippen LogP contribution < -0.4 is 16.0 Å². The molecule has 0 aromatic heterocycles. The van der Waals surface area contributed by atoms with Gasteiger partial charge in [0.15, 0.2) is 0 Å². The molecular weight excluding hydrogens is 787 g/mol. The van der Waals surface area contributed by atoms with E-state index in [-0.39, 0.29) is 10.6 Å². The van der Waals surface area contributed by atoms with Crippen LogP contribution in [0.3, 0.4) is 0 Å². The third-order valence-corrected chi connectivity index (χ3v) is 5.62. The van der Waals surface area contributed by atoms with Gasteiger partial charge in [-0.05, 0) is 26.2 Å². The van der Waals surface area contributed by atoms with Crippen molar-refractivity contribution in [2.75, 3.05) is 13.2 Å². The van der Waals surface area contributed by atoms with E-state index in [0.717, 1.165) is 12.2 Å². The van der Waals surface area contributed by atoms with Crippen molar-refractivity contribution in [3.8, 4) is 0 Å². The van der Waals surface area contributed by atoms with Crippen LogP contribution >= 0.6 is 0 Å². The Bertz CT molecular complexity index is 1250. The van der Waals surface area contributed by atoms with Gasteiger partial charge in [-0.25, -0.2) is 4.79 Å². The van der Waals surface area contributed by atoms with E-state index in [9.17, 15) is 111 Å². The minimum Gasteiger partial charge on any atom is -0.464 e. The lowest BCUT2D eigenvalue weighted by Crippen LogP contribution is -2.64. The van der Waals surface area contributed by atoms with Crippen LogP contribution in [0.4, 0.5) is 92.2 Å². The zero-order chi connectivity index (χ0) is 41.0. The molecule has 30 heteroatoms. The third kappa shape index (κ3) is 9.90. The normalized spacial score (nSPS) is 14.7.